The Balaban J connectivity index is 2.02. The molecular weight excluding hydrogens is 276 g/mol. The molecule has 6 heteroatoms. The second-order valence-corrected chi connectivity index (χ2v) is 5.88. The van der Waals surface area contributed by atoms with Crippen LogP contribution < -0.4 is 5.32 Å². The van der Waals surface area contributed by atoms with Crippen molar-refractivity contribution in [3.63, 3.8) is 0 Å². The Morgan fingerprint density at radius 2 is 2.00 bits per heavy atom. The van der Waals surface area contributed by atoms with Gasteiger partial charge in [-0.2, -0.15) is 0 Å². The van der Waals surface area contributed by atoms with E-state index in [1.807, 2.05) is 13.8 Å². The molecule has 0 radical (unpaired) electrons. The number of imidazole rings is 1. The maximum absolute atomic E-state index is 13.5. The van der Waals surface area contributed by atoms with E-state index in [0.717, 1.165) is 25.0 Å². The summed E-state index contributed by atoms with van der Waals surface area (Å²) in [6, 6.07) is 1.91. The van der Waals surface area contributed by atoms with Crippen molar-refractivity contribution in [1.29, 1.82) is 0 Å². The van der Waals surface area contributed by atoms with E-state index in [4.69, 9.17) is 0 Å². The van der Waals surface area contributed by atoms with Gasteiger partial charge in [-0.1, -0.05) is 13.8 Å². The Morgan fingerprint density at radius 3 is 2.62 bits per heavy atom. The summed E-state index contributed by atoms with van der Waals surface area (Å²) in [6.45, 7) is 3.84. The van der Waals surface area contributed by atoms with Crippen LogP contribution >= 0.6 is 0 Å². The second-order valence-electron chi connectivity index (χ2n) is 5.88. The lowest BCUT2D eigenvalue weighted by atomic mass is 10.0. The van der Waals surface area contributed by atoms with E-state index in [9.17, 15) is 13.6 Å². The molecule has 0 unspecified atom stereocenters. The lowest BCUT2D eigenvalue weighted by molar-refractivity contribution is -0.125. The van der Waals surface area contributed by atoms with E-state index >= 15 is 0 Å². The molecule has 1 amide bonds. The van der Waals surface area contributed by atoms with Crippen LogP contribution in [0.15, 0.2) is 18.5 Å². The molecule has 1 aliphatic carbocycles. The zero-order chi connectivity index (χ0) is 15.1. The first-order valence-corrected chi connectivity index (χ1v) is 7.09. The van der Waals surface area contributed by atoms with Crippen LogP contribution in [0.1, 0.15) is 32.7 Å². The van der Waals surface area contributed by atoms with Crippen molar-refractivity contribution in [1.82, 2.24) is 14.9 Å². The van der Waals surface area contributed by atoms with Gasteiger partial charge in [-0.25, -0.2) is 13.8 Å². The van der Waals surface area contributed by atoms with Crippen molar-refractivity contribution in [2.45, 2.75) is 38.8 Å². The van der Waals surface area contributed by atoms with Crippen LogP contribution in [-0.4, -0.2) is 21.5 Å². The SMILES string of the molecule is CC(C)[C@H](C(=O)NC1CC1)n1cnc2cc(F)c(F)cc21. The summed E-state index contributed by atoms with van der Waals surface area (Å²) in [5.41, 5.74) is 0.775. The highest BCUT2D eigenvalue weighted by Gasteiger charge is 2.31. The number of halogens is 2. The number of nitrogens with one attached hydrogen (secondary N) is 1. The average Bonchev–Trinajstić information content (AvgIpc) is 3.13. The Labute approximate surface area is 121 Å². The average molecular weight is 293 g/mol. The van der Waals surface area contributed by atoms with Gasteiger partial charge in [0.1, 0.15) is 6.04 Å². The third-order valence-electron chi connectivity index (χ3n) is 3.74. The quantitative estimate of drug-likeness (QED) is 0.942. The van der Waals surface area contributed by atoms with Crippen LogP contribution in [-0.2, 0) is 4.79 Å². The normalized spacial score (nSPS) is 16.4. The number of amides is 1. The van der Waals surface area contributed by atoms with Crippen molar-refractivity contribution < 1.29 is 13.6 Å². The van der Waals surface area contributed by atoms with Crippen LogP contribution in [0.3, 0.4) is 0 Å². The molecule has 1 aromatic heterocycles. The largest absolute Gasteiger partial charge is 0.352 e. The topological polar surface area (TPSA) is 46.9 Å². The lowest BCUT2D eigenvalue weighted by Crippen LogP contribution is -2.36. The van der Waals surface area contributed by atoms with E-state index < -0.39 is 17.7 Å². The van der Waals surface area contributed by atoms with Crippen LogP contribution in [0, 0.1) is 17.6 Å². The van der Waals surface area contributed by atoms with E-state index in [-0.39, 0.29) is 17.9 Å². The highest BCUT2D eigenvalue weighted by atomic mass is 19.2. The molecule has 1 heterocycles. The number of rotatable bonds is 4. The molecule has 1 aromatic carbocycles. The number of hydrogen-bond donors (Lipinski definition) is 1. The summed E-state index contributed by atoms with van der Waals surface area (Å²) in [4.78, 5) is 16.5. The molecule has 1 N–H and O–H groups in total. The number of fused-ring (bicyclic) bond motifs is 1. The fraction of sp³-hybridized carbons (Fsp3) is 0.467. The number of aromatic nitrogens is 2. The summed E-state index contributed by atoms with van der Waals surface area (Å²) >= 11 is 0. The molecule has 4 nitrogen and oxygen atoms in total. The Morgan fingerprint density at radius 1 is 1.33 bits per heavy atom. The monoisotopic (exact) mass is 293 g/mol. The third kappa shape index (κ3) is 2.62. The number of nitrogens with zero attached hydrogens (tertiary/aromatic N) is 2. The fourth-order valence-electron chi connectivity index (χ4n) is 2.51. The Kier molecular flexibility index (Phi) is 3.39. The molecule has 1 aliphatic rings. The lowest BCUT2D eigenvalue weighted by Gasteiger charge is -2.22. The van der Waals surface area contributed by atoms with Gasteiger partial charge in [0.2, 0.25) is 5.91 Å². The molecule has 0 saturated heterocycles. The number of carbonyl (C=O) groups excluding carboxylic acids is 1. The minimum Gasteiger partial charge on any atom is -0.352 e. The summed E-state index contributed by atoms with van der Waals surface area (Å²) < 4.78 is 28.4. The minimum absolute atomic E-state index is 0.00858. The van der Waals surface area contributed by atoms with Crippen LogP contribution in [0.4, 0.5) is 8.78 Å². The molecule has 3 rings (SSSR count). The minimum atomic E-state index is -0.936. The van der Waals surface area contributed by atoms with Gasteiger partial charge in [-0.05, 0) is 18.8 Å². The molecule has 1 atom stereocenters. The van der Waals surface area contributed by atoms with Crippen LogP contribution in [0.25, 0.3) is 11.0 Å². The maximum atomic E-state index is 13.5. The molecule has 1 fully saturated rings. The molecular formula is C15H17F2N3O. The third-order valence-corrected chi connectivity index (χ3v) is 3.74. The molecule has 1 saturated carbocycles. The van der Waals surface area contributed by atoms with Crippen molar-refractivity contribution in [3.05, 3.63) is 30.1 Å². The fourth-order valence-corrected chi connectivity index (χ4v) is 2.51. The highest BCUT2D eigenvalue weighted by molar-refractivity contribution is 5.84. The summed E-state index contributed by atoms with van der Waals surface area (Å²) in [6.07, 6.45) is 3.48. The molecule has 112 valence electrons. The standard InChI is InChI=1S/C15H17F2N3O/c1-8(2)14(15(21)19-9-3-4-9)20-7-18-12-5-10(16)11(17)6-13(12)20/h5-9,14H,3-4H2,1-2H3,(H,19,21)/t14-/m1/s1. The van der Waals surface area contributed by atoms with Gasteiger partial charge in [-0.3, -0.25) is 4.79 Å². The predicted octanol–water partition coefficient (Wildman–Crippen LogP) is 2.79. The van der Waals surface area contributed by atoms with E-state index in [1.54, 1.807) is 4.57 Å². The predicted molar refractivity (Wildman–Crippen MR) is 74.7 cm³/mol. The highest BCUT2D eigenvalue weighted by Crippen LogP contribution is 2.27. The van der Waals surface area contributed by atoms with Gasteiger partial charge >= 0.3 is 0 Å². The number of benzene rings is 1. The van der Waals surface area contributed by atoms with E-state index in [0.29, 0.717) is 11.0 Å². The molecule has 21 heavy (non-hydrogen) atoms. The first kappa shape index (κ1) is 14.0. The van der Waals surface area contributed by atoms with Crippen molar-refractivity contribution in [2.75, 3.05) is 0 Å². The molecule has 0 spiro atoms. The summed E-state index contributed by atoms with van der Waals surface area (Å²) in [5, 5.41) is 2.96. The Bertz CT molecular complexity index is 692. The zero-order valence-electron chi connectivity index (χ0n) is 11.9. The smallest absolute Gasteiger partial charge is 0.243 e. The van der Waals surface area contributed by atoms with Crippen LogP contribution in [0.2, 0.25) is 0 Å². The van der Waals surface area contributed by atoms with Crippen LogP contribution in [0.5, 0.6) is 0 Å². The Hall–Kier alpha value is -1.98. The van der Waals surface area contributed by atoms with Gasteiger partial charge < -0.3 is 9.88 Å². The van der Waals surface area contributed by atoms with E-state index in [1.165, 1.54) is 6.33 Å². The zero-order valence-corrected chi connectivity index (χ0v) is 11.9. The van der Waals surface area contributed by atoms with Gasteiger partial charge in [0.05, 0.1) is 17.4 Å². The summed E-state index contributed by atoms with van der Waals surface area (Å²) in [7, 11) is 0. The van der Waals surface area contributed by atoms with Crippen molar-refractivity contribution in [3.8, 4) is 0 Å². The maximum Gasteiger partial charge on any atom is 0.243 e. The van der Waals surface area contributed by atoms with Gasteiger partial charge in [0, 0.05) is 18.2 Å². The number of carbonyl (C=O) groups is 1. The summed E-state index contributed by atoms with van der Waals surface area (Å²) in [5.74, 6) is -1.96. The van der Waals surface area contributed by atoms with Gasteiger partial charge in [-0.15, -0.1) is 0 Å². The number of hydrogen-bond acceptors (Lipinski definition) is 2. The first-order chi connectivity index (χ1) is 9.97. The molecule has 0 aliphatic heterocycles. The van der Waals surface area contributed by atoms with Gasteiger partial charge in [0.25, 0.3) is 0 Å². The van der Waals surface area contributed by atoms with Crippen molar-refractivity contribution in [2.24, 2.45) is 5.92 Å². The molecule has 0 bridgehead atoms. The van der Waals surface area contributed by atoms with Gasteiger partial charge in [0.15, 0.2) is 11.6 Å². The first-order valence-electron chi connectivity index (χ1n) is 7.09. The second kappa shape index (κ2) is 5.09. The van der Waals surface area contributed by atoms with Crippen molar-refractivity contribution >= 4 is 16.9 Å². The molecule has 2 aromatic rings. The van der Waals surface area contributed by atoms with E-state index in [2.05, 4.69) is 10.3 Å².